The Hall–Kier alpha value is -1.28. The van der Waals surface area contributed by atoms with Gasteiger partial charge in [-0.15, -0.1) is 0 Å². The molecule has 1 aliphatic rings. The Morgan fingerprint density at radius 2 is 1.95 bits per heavy atom. The molecule has 2 aromatic carbocycles. The molecule has 2 aromatic rings. The van der Waals surface area contributed by atoms with Gasteiger partial charge in [-0.2, -0.15) is 0 Å². The van der Waals surface area contributed by atoms with Gasteiger partial charge in [0.15, 0.2) is 0 Å². The summed E-state index contributed by atoms with van der Waals surface area (Å²) in [7, 11) is 4.65. The van der Waals surface area contributed by atoms with E-state index in [2.05, 4.69) is 62.3 Å². The third-order valence-corrected chi connectivity index (χ3v) is 4.67. The van der Waals surface area contributed by atoms with Crippen LogP contribution in [-0.2, 0) is 0 Å². The highest BCUT2D eigenvalue weighted by molar-refractivity contribution is 6.12. The molecule has 1 saturated heterocycles. The Bertz CT molecular complexity index is 566. The zero-order valence-corrected chi connectivity index (χ0v) is 12.0. The summed E-state index contributed by atoms with van der Waals surface area (Å²) in [5, 5.41) is 2.72. The molecule has 0 unspecified atom stereocenters. The number of fused-ring (bicyclic) bond motifs is 1. The molecular weight excluding hydrogens is 229 g/mol. The van der Waals surface area contributed by atoms with Gasteiger partial charge in [-0.1, -0.05) is 48.0 Å². The zero-order chi connectivity index (χ0) is 13.2. The molecule has 98 valence electrons. The molecule has 2 atom stereocenters. The Morgan fingerprint density at radius 3 is 2.74 bits per heavy atom. The molecular formula is C17H22BN. The maximum absolute atomic E-state index is 2.48. The van der Waals surface area contributed by atoms with Gasteiger partial charge in [-0.3, -0.25) is 0 Å². The molecule has 1 heterocycles. The van der Waals surface area contributed by atoms with Gasteiger partial charge in [0, 0.05) is 6.54 Å². The van der Waals surface area contributed by atoms with Gasteiger partial charge in [0.1, 0.15) is 7.85 Å². The van der Waals surface area contributed by atoms with Gasteiger partial charge in [-0.25, -0.2) is 0 Å². The monoisotopic (exact) mass is 251 g/mol. The molecule has 3 rings (SSSR count). The van der Waals surface area contributed by atoms with Crippen LogP contribution >= 0.6 is 0 Å². The summed E-state index contributed by atoms with van der Waals surface area (Å²) in [4.78, 5) is 2.48. The summed E-state index contributed by atoms with van der Waals surface area (Å²) in [5.74, 6) is 1.47. The van der Waals surface area contributed by atoms with E-state index < -0.39 is 0 Å². The first-order valence-electron chi connectivity index (χ1n) is 7.41. The van der Waals surface area contributed by atoms with E-state index >= 15 is 0 Å². The standard InChI is InChI=1S/C17H22BN/c1-19-10-4-7-16(12-19)17(18)15-9-8-13-5-2-3-6-14(13)11-15/h2-3,5-6,8-9,11,16-17H,4,7,10,12,18H2,1H3/t16-,17-/m0/s1. The number of likely N-dealkylation sites (tertiary alicyclic amines) is 1. The van der Waals surface area contributed by atoms with Gasteiger partial charge >= 0.3 is 0 Å². The third kappa shape index (κ3) is 2.69. The lowest BCUT2D eigenvalue weighted by Crippen LogP contribution is -2.35. The van der Waals surface area contributed by atoms with E-state index in [0.717, 1.165) is 5.92 Å². The van der Waals surface area contributed by atoms with Crippen LogP contribution in [0.1, 0.15) is 24.2 Å². The van der Waals surface area contributed by atoms with Gasteiger partial charge in [0.25, 0.3) is 0 Å². The quantitative estimate of drug-likeness (QED) is 0.742. The van der Waals surface area contributed by atoms with Crippen LogP contribution in [0.5, 0.6) is 0 Å². The van der Waals surface area contributed by atoms with Crippen molar-refractivity contribution < 1.29 is 0 Å². The molecule has 0 aliphatic carbocycles. The number of benzene rings is 2. The summed E-state index contributed by atoms with van der Waals surface area (Å²) < 4.78 is 0. The van der Waals surface area contributed by atoms with E-state index in [4.69, 9.17) is 0 Å². The van der Waals surface area contributed by atoms with Crippen molar-refractivity contribution in [1.29, 1.82) is 0 Å². The highest BCUT2D eigenvalue weighted by atomic mass is 15.1. The van der Waals surface area contributed by atoms with Crippen molar-refractivity contribution in [1.82, 2.24) is 4.90 Å². The Labute approximate surface area is 117 Å². The van der Waals surface area contributed by atoms with Gasteiger partial charge in [0.2, 0.25) is 0 Å². The van der Waals surface area contributed by atoms with E-state index in [9.17, 15) is 0 Å². The minimum absolute atomic E-state index is 0.660. The van der Waals surface area contributed by atoms with Crippen molar-refractivity contribution in [3.8, 4) is 0 Å². The normalized spacial score (nSPS) is 22.5. The van der Waals surface area contributed by atoms with E-state index in [1.807, 2.05) is 0 Å². The second-order valence-electron chi connectivity index (χ2n) is 6.06. The lowest BCUT2D eigenvalue weighted by molar-refractivity contribution is 0.205. The first-order chi connectivity index (χ1) is 9.24. The van der Waals surface area contributed by atoms with Crippen LogP contribution in [-0.4, -0.2) is 32.9 Å². The van der Waals surface area contributed by atoms with Crippen LogP contribution < -0.4 is 0 Å². The minimum Gasteiger partial charge on any atom is -0.306 e. The van der Waals surface area contributed by atoms with Crippen LogP contribution in [0.4, 0.5) is 0 Å². The fourth-order valence-electron chi connectivity index (χ4n) is 3.38. The number of hydrogen-bond acceptors (Lipinski definition) is 1. The largest absolute Gasteiger partial charge is 0.306 e. The molecule has 0 bridgehead atoms. The number of hydrogen-bond donors (Lipinski definition) is 0. The molecule has 2 heteroatoms. The van der Waals surface area contributed by atoms with Crippen molar-refractivity contribution in [3.05, 3.63) is 48.0 Å². The molecule has 0 radical (unpaired) electrons. The summed E-state index contributed by atoms with van der Waals surface area (Å²) >= 11 is 0. The third-order valence-electron chi connectivity index (χ3n) is 4.67. The Morgan fingerprint density at radius 1 is 1.16 bits per heavy atom. The molecule has 0 amide bonds. The lowest BCUT2D eigenvalue weighted by Gasteiger charge is -2.34. The van der Waals surface area contributed by atoms with Crippen molar-refractivity contribution in [2.24, 2.45) is 5.92 Å². The maximum atomic E-state index is 2.48. The van der Waals surface area contributed by atoms with Crippen molar-refractivity contribution in [2.45, 2.75) is 18.7 Å². The van der Waals surface area contributed by atoms with Gasteiger partial charge in [-0.05, 0) is 48.9 Å². The van der Waals surface area contributed by atoms with Crippen molar-refractivity contribution in [3.63, 3.8) is 0 Å². The Balaban J connectivity index is 1.86. The summed E-state index contributed by atoms with van der Waals surface area (Å²) in [6, 6.07) is 15.6. The second-order valence-corrected chi connectivity index (χ2v) is 6.06. The summed E-state index contributed by atoms with van der Waals surface area (Å²) in [5.41, 5.74) is 1.50. The molecule has 0 spiro atoms. The molecule has 0 N–H and O–H groups in total. The average Bonchev–Trinajstić information content (AvgIpc) is 2.46. The smallest absolute Gasteiger partial charge is 0.111 e. The number of nitrogens with zero attached hydrogens (tertiary/aromatic N) is 1. The predicted molar refractivity (Wildman–Crippen MR) is 85.5 cm³/mol. The van der Waals surface area contributed by atoms with Crippen LogP contribution in [0.2, 0.25) is 0 Å². The average molecular weight is 251 g/mol. The van der Waals surface area contributed by atoms with Crippen LogP contribution in [0.25, 0.3) is 10.8 Å². The fraction of sp³-hybridized carbons (Fsp3) is 0.412. The van der Waals surface area contributed by atoms with Crippen LogP contribution in [0.3, 0.4) is 0 Å². The SMILES string of the molecule is B[C@@H](c1ccc2ccccc2c1)[C@H]1CCCN(C)C1. The van der Waals surface area contributed by atoms with Crippen LogP contribution in [0.15, 0.2) is 42.5 Å². The number of rotatable bonds is 2. The second kappa shape index (κ2) is 5.38. The molecule has 1 aliphatic heterocycles. The topological polar surface area (TPSA) is 3.24 Å². The summed E-state index contributed by atoms with van der Waals surface area (Å²) in [6.45, 7) is 2.51. The van der Waals surface area contributed by atoms with E-state index in [0.29, 0.717) is 5.82 Å². The molecule has 1 nitrogen and oxygen atoms in total. The molecule has 1 fully saturated rings. The highest BCUT2D eigenvalue weighted by Crippen LogP contribution is 2.30. The first kappa shape index (κ1) is 12.7. The van der Waals surface area contributed by atoms with E-state index in [1.54, 1.807) is 0 Å². The molecule has 19 heavy (non-hydrogen) atoms. The minimum atomic E-state index is 0.660. The first-order valence-corrected chi connectivity index (χ1v) is 7.41. The van der Waals surface area contributed by atoms with Crippen LogP contribution in [0, 0.1) is 5.92 Å². The van der Waals surface area contributed by atoms with E-state index in [-0.39, 0.29) is 0 Å². The van der Waals surface area contributed by atoms with Crippen molar-refractivity contribution >= 4 is 18.6 Å². The fourth-order valence-corrected chi connectivity index (χ4v) is 3.38. The molecule has 0 saturated carbocycles. The zero-order valence-electron chi connectivity index (χ0n) is 12.0. The summed E-state index contributed by atoms with van der Waals surface area (Å²) in [6.07, 6.45) is 2.72. The number of piperidine rings is 1. The lowest BCUT2D eigenvalue weighted by atomic mass is 9.69. The van der Waals surface area contributed by atoms with Gasteiger partial charge < -0.3 is 4.90 Å². The Kier molecular flexibility index (Phi) is 3.61. The van der Waals surface area contributed by atoms with Gasteiger partial charge in [0.05, 0.1) is 0 Å². The maximum Gasteiger partial charge on any atom is 0.111 e. The highest BCUT2D eigenvalue weighted by Gasteiger charge is 2.23. The van der Waals surface area contributed by atoms with E-state index in [1.165, 1.54) is 42.3 Å². The van der Waals surface area contributed by atoms with Crippen molar-refractivity contribution in [2.75, 3.05) is 20.1 Å². The predicted octanol–water partition coefficient (Wildman–Crippen LogP) is 2.86. The molecule has 0 aromatic heterocycles.